The van der Waals surface area contributed by atoms with E-state index in [4.69, 9.17) is 4.74 Å². The third kappa shape index (κ3) is 7.29. The molecule has 1 unspecified atom stereocenters. The first-order valence-electron chi connectivity index (χ1n) is 15.2. The molecule has 2 aromatic rings. The largest absolute Gasteiger partial charge is 0.490 e. The summed E-state index contributed by atoms with van der Waals surface area (Å²) in [5.41, 5.74) is 1.27. The molecule has 0 bridgehead atoms. The number of ether oxygens (including phenoxy) is 1. The number of rotatable bonds is 12. The van der Waals surface area contributed by atoms with Crippen LogP contribution in [-0.4, -0.2) is 17.8 Å². The quantitative estimate of drug-likeness (QED) is 0.159. The fourth-order valence-corrected chi connectivity index (χ4v) is 6.81. The van der Waals surface area contributed by atoms with Crippen molar-refractivity contribution in [2.75, 3.05) is 6.61 Å². The van der Waals surface area contributed by atoms with Crippen LogP contribution in [0.15, 0.2) is 36.9 Å². The first-order chi connectivity index (χ1) is 19.3. The van der Waals surface area contributed by atoms with Crippen molar-refractivity contribution in [3.05, 3.63) is 76.9 Å². The van der Waals surface area contributed by atoms with Gasteiger partial charge in [-0.3, -0.25) is 0 Å². The molecule has 0 radical (unpaired) electrons. The minimum atomic E-state index is -0.938. The van der Waals surface area contributed by atoms with E-state index in [9.17, 15) is 13.9 Å². The summed E-state index contributed by atoms with van der Waals surface area (Å²) >= 11 is 0. The van der Waals surface area contributed by atoms with Gasteiger partial charge >= 0.3 is 0 Å². The van der Waals surface area contributed by atoms with Crippen LogP contribution in [0, 0.1) is 35.1 Å². The standard InChI is InChI=1S/C34H44F4O2/c1-3-5-21-40-30-20-19-28(33(37)34(30)38)23-10-7-22(8-11-23)9-12-26-17-18-27(32(36)31(26)35)24-13-15-25(16-14-24)29(39)6-4-2/h3,17-20,22-25,29,39H,1,4-16,21H2,2H3. The first-order valence-corrected chi connectivity index (χ1v) is 15.2. The van der Waals surface area contributed by atoms with Gasteiger partial charge in [0.25, 0.3) is 0 Å². The van der Waals surface area contributed by atoms with Crippen molar-refractivity contribution in [2.45, 2.75) is 108 Å². The molecule has 2 aromatic carbocycles. The molecule has 40 heavy (non-hydrogen) atoms. The molecule has 0 spiro atoms. The highest BCUT2D eigenvalue weighted by atomic mass is 19.2. The summed E-state index contributed by atoms with van der Waals surface area (Å²) in [5.74, 6) is -2.74. The molecule has 2 saturated carbocycles. The van der Waals surface area contributed by atoms with Crippen LogP contribution in [0.25, 0.3) is 0 Å². The molecule has 4 rings (SSSR count). The summed E-state index contributed by atoms with van der Waals surface area (Å²) in [5, 5.41) is 10.3. The fraction of sp³-hybridized carbons (Fsp3) is 0.588. The normalized spacial score (nSPS) is 24.1. The Morgan fingerprint density at radius 3 is 2.08 bits per heavy atom. The first kappa shape index (κ1) is 30.6. The van der Waals surface area contributed by atoms with E-state index in [0.29, 0.717) is 35.4 Å². The van der Waals surface area contributed by atoms with Crippen molar-refractivity contribution in [1.29, 1.82) is 0 Å². The minimum absolute atomic E-state index is 0.00177. The van der Waals surface area contributed by atoms with E-state index in [2.05, 4.69) is 13.5 Å². The van der Waals surface area contributed by atoms with Crippen molar-refractivity contribution >= 4 is 0 Å². The van der Waals surface area contributed by atoms with Crippen LogP contribution < -0.4 is 4.74 Å². The second-order valence-corrected chi connectivity index (χ2v) is 11.9. The molecule has 220 valence electrons. The topological polar surface area (TPSA) is 29.5 Å². The molecule has 0 aliphatic heterocycles. The molecule has 6 heteroatoms. The Morgan fingerprint density at radius 2 is 1.45 bits per heavy atom. The van der Waals surface area contributed by atoms with E-state index in [1.54, 1.807) is 24.3 Å². The van der Waals surface area contributed by atoms with Gasteiger partial charge in [0.15, 0.2) is 23.2 Å². The van der Waals surface area contributed by atoms with Gasteiger partial charge in [0.2, 0.25) is 5.82 Å². The second-order valence-electron chi connectivity index (χ2n) is 11.9. The number of aliphatic hydroxyl groups is 1. The predicted molar refractivity (Wildman–Crippen MR) is 152 cm³/mol. The lowest BCUT2D eigenvalue weighted by atomic mass is 9.75. The van der Waals surface area contributed by atoms with Crippen LogP contribution in [0.3, 0.4) is 0 Å². The van der Waals surface area contributed by atoms with Gasteiger partial charge in [-0.05, 0) is 123 Å². The zero-order chi connectivity index (χ0) is 28.6. The highest BCUT2D eigenvalue weighted by Gasteiger charge is 2.30. The molecule has 1 atom stereocenters. The van der Waals surface area contributed by atoms with Gasteiger partial charge in [0.1, 0.15) is 0 Å². The van der Waals surface area contributed by atoms with Crippen molar-refractivity contribution < 1.29 is 27.4 Å². The Bertz CT molecular complexity index is 1120. The summed E-state index contributed by atoms with van der Waals surface area (Å²) < 4.78 is 64.8. The van der Waals surface area contributed by atoms with Gasteiger partial charge in [-0.1, -0.05) is 37.6 Å². The number of aliphatic hydroxyl groups excluding tert-OH is 1. The highest BCUT2D eigenvalue weighted by molar-refractivity contribution is 5.33. The molecule has 1 N–H and O–H groups in total. The van der Waals surface area contributed by atoms with E-state index in [-0.39, 0.29) is 36.2 Å². The maximum absolute atomic E-state index is 15.1. The fourth-order valence-electron chi connectivity index (χ4n) is 6.81. The van der Waals surface area contributed by atoms with Crippen molar-refractivity contribution in [1.82, 2.24) is 0 Å². The highest BCUT2D eigenvalue weighted by Crippen LogP contribution is 2.41. The lowest BCUT2D eigenvalue weighted by molar-refractivity contribution is 0.0727. The second kappa shape index (κ2) is 14.5. The van der Waals surface area contributed by atoms with Crippen LogP contribution in [-0.2, 0) is 6.42 Å². The van der Waals surface area contributed by atoms with Crippen molar-refractivity contribution in [3.8, 4) is 5.75 Å². The summed E-state index contributed by atoms with van der Waals surface area (Å²) in [7, 11) is 0. The lowest BCUT2D eigenvalue weighted by Gasteiger charge is -2.32. The Hall–Kier alpha value is -2.34. The molecule has 0 saturated heterocycles. The Morgan fingerprint density at radius 1 is 0.850 bits per heavy atom. The van der Waals surface area contributed by atoms with E-state index >= 15 is 8.78 Å². The van der Waals surface area contributed by atoms with Crippen LogP contribution >= 0.6 is 0 Å². The SMILES string of the molecule is C=CCCOc1ccc(C2CCC(CCc3ccc(C4CCC(C(O)CCC)CC4)c(F)c3F)CC2)c(F)c1F. The summed E-state index contributed by atoms with van der Waals surface area (Å²) in [4.78, 5) is 0. The average molecular weight is 561 g/mol. The third-order valence-corrected chi connectivity index (χ3v) is 9.30. The third-order valence-electron chi connectivity index (χ3n) is 9.30. The van der Waals surface area contributed by atoms with Gasteiger partial charge in [-0.2, -0.15) is 4.39 Å². The maximum Gasteiger partial charge on any atom is 0.200 e. The van der Waals surface area contributed by atoms with Gasteiger partial charge in [-0.25, -0.2) is 13.2 Å². The molecule has 0 amide bonds. The number of hydrogen-bond donors (Lipinski definition) is 1. The van der Waals surface area contributed by atoms with Crippen molar-refractivity contribution in [2.24, 2.45) is 11.8 Å². The number of benzene rings is 2. The Balaban J connectivity index is 1.28. The van der Waals surface area contributed by atoms with E-state index in [1.807, 2.05) is 0 Å². The molecule has 0 aromatic heterocycles. The zero-order valence-corrected chi connectivity index (χ0v) is 23.7. The van der Waals surface area contributed by atoms with Crippen LogP contribution in [0.2, 0.25) is 0 Å². The van der Waals surface area contributed by atoms with E-state index < -0.39 is 23.3 Å². The minimum Gasteiger partial charge on any atom is -0.490 e. The summed E-state index contributed by atoms with van der Waals surface area (Å²) in [6.07, 6.45) is 11.3. The van der Waals surface area contributed by atoms with Crippen molar-refractivity contribution in [3.63, 3.8) is 0 Å². The smallest absolute Gasteiger partial charge is 0.200 e. The Kier molecular flexibility index (Phi) is 11.1. The van der Waals surface area contributed by atoms with E-state index in [1.165, 1.54) is 6.07 Å². The Labute approximate surface area is 236 Å². The molecule has 2 nitrogen and oxygen atoms in total. The molecule has 2 aliphatic carbocycles. The molecule has 0 heterocycles. The van der Waals surface area contributed by atoms with E-state index in [0.717, 1.165) is 70.6 Å². The average Bonchev–Trinajstić information content (AvgIpc) is 2.97. The summed E-state index contributed by atoms with van der Waals surface area (Å²) in [6, 6.07) is 6.64. The maximum atomic E-state index is 15.1. The van der Waals surface area contributed by atoms with Gasteiger partial charge < -0.3 is 9.84 Å². The zero-order valence-electron chi connectivity index (χ0n) is 23.7. The molecular weight excluding hydrogens is 516 g/mol. The monoisotopic (exact) mass is 560 g/mol. The lowest BCUT2D eigenvalue weighted by Crippen LogP contribution is -2.25. The molecule has 2 fully saturated rings. The van der Waals surface area contributed by atoms with Crippen LogP contribution in [0.4, 0.5) is 17.6 Å². The van der Waals surface area contributed by atoms with Gasteiger partial charge in [0, 0.05) is 0 Å². The van der Waals surface area contributed by atoms with Gasteiger partial charge in [-0.15, -0.1) is 6.58 Å². The van der Waals surface area contributed by atoms with Crippen LogP contribution in [0.1, 0.15) is 112 Å². The van der Waals surface area contributed by atoms with Crippen LogP contribution in [0.5, 0.6) is 5.75 Å². The molecule has 2 aliphatic rings. The number of aryl methyl sites for hydroxylation is 1. The number of hydrogen-bond acceptors (Lipinski definition) is 2. The molecular formula is C34H44F4O2. The van der Waals surface area contributed by atoms with Gasteiger partial charge in [0.05, 0.1) is 12.7 Å². The predicted octanol–water partition coefficient (Wildman–Crippen LogP) is 9.54. The number of halogens is 4. The summed E-state index contributed by atoms with van der Waals surface area (Å²) in [6.45, 7) is 5.91.